The standard InChI is InChI=1S/C13H12N4OS/c1-8-7-19-13(15-8)17-12-11-9(5-6-14-12)3-4-10(16-11)18-2/h3-7H,1-2H3,(H,14,15,17). The lowest BCUT2D eigenvalue weighted by molar-refractivity contribution is 0.399. The Morgan fingerprint density at radius 1 is 1.21 bits per heavy atom. The first kappa shape index (κ1) is 11.9. The molecule has 0 fully saturated rings. The van der Waals surface area contributed by atoms with Crippen LogP contribution in [0.25, 0.3) is 10.9 Å². The molecule has 0 atom stereocenters. The quantitative estimate of drug-likeness (QED) is 0.793. The highest BCUT2D eigenvalue weighted by molar-refractivity contribution is 7.13. The summed E-state index contributed by atoms with van der Waals surface area (Å²) in [7, 11) is 1.60. The van der Waals surface area contributed by atoms with E-state index in [0.29, 0.717) is 11.7 Å². The first-order valence-electron chi connectivity index (χ1n) is 5.75. The van der Waals surface area contributed by atoms with Crippen LogP contribution in [0.4, 0.5) is 10.9 Å². The zero-order valence-corrected chi connectivity index (χ0v) is 11.4. The molecule has 0 saturated carbocycles. The number of pyridine rings is 2. The van der Waals surface area contributed by atoms with Gasteiger partial charge in [0.1, 0.15) is 5.52 Å². The summed E-state index contributed by atoms with van der Waals surface area (Å²) in [5.74, 6) is 1.25. The lowest BCUT2D eigenvalue weighted by Crippen LogP contribution is -1.97. The van der Waals surface area contributed by atoms with Gasteiger partial charge in [-0.25, -0.2) is 15.0 Å². The molecule has 3 aromatic heterocycles. The van der Waals surface area contributed by atoms with Gasteiger partial charge in [0.25, 0.3) is 0 Å². The third-order valence-electron chi connectivity index (χ3n) is 2.64. The van der Waals surface area contributed by atoms with Crippen molar-refractivity contribution in [2.75, 3.05) is 12.4 Å². The van der Waals surface area contributed by atoms with Crippen molar-refractivity contribution in [2.45, 2.75) is 6.92 Å². The number of rotatable bonds is 3. The molecule has 0 saturated heterocycles. The monoisotopic (exact) mass is 272 g/mol. The van der Waals surface area contributed by atoms with Crippen molar-refractivity contribution in [3.8, 4) is 5.88 Å². The first-order valence-corrected chi connectivity index (χ1v) is 6.63. The van der Waals surface area contributed by atoms with Gasteiger partial charge in [-0.1, -0.05) is 0 Å². The normalized spacial score (nSPS) is 10.6. The molecule has 0 aliphatic carbocycles. The number of methoxy groups -OCH3 is 1. The highest BCUT2D eigenvalue weighted by atomic mass is 32.1. The maximum Gasteiger partial charge on any atom is 0.213 e. The molecule has 0 aliphatic rings. The third kappa shape index (κ3) is 2.34. The Morgan fingerprint density at radius 3 is 2.84 bits per heavy atom. The predicted octanol–water partition coefficient (Wildman–Crippen LogP) is 3.15. The Labute approximate surface area is 114 Å². The van der Waals surface area contributed by atoms with Crippen LogP contribution in [0.15, 0.2) is 29.8 Å². The van der Waals surface area contributed by atoms with E-state index in [1.165, 1.54) is 0 Å². The van der Waals surface area contributed by atoms with Crippen molar-refractivity contribution < 1.29 is 4.74 Å². The number of ether oxygens (including phenoxy) is 1. The van der Waals surface area contributed by atoms with Gasteiger partial charge in [-0.2, -0.15) is 0 Å². The summed E-state index contributed by atoms with van der Waals surface area (Å²) in [5, 5.41) is 7.00. The molecular formula is C13H12N4OS. The minimum absolute atomic E-state index is 0.568. The second-order valence-corrected chi connectivity index (χ2v) is 4.86. The van der Waals surface area contributed by atoms with Gasteiger partial charge in [0.2, 0.25) is 5.88 Å². The van der Waals surface area contributed by atoms with E-state index in [1.54, 1.807) is 24.6 Å². The average molecular weight is 272 g/mol. The van der Waals surface area contributed by atoms with Crippen molar-refractivity contribution in [3.05, 3.63) is 35.5 Å². The number of hydrogen-bond acceptors (Lipinski definition) is 6. The summed E-state index contributed by atoms with van der Waals surface area (Å²) in [6.45, 7) is 1.96. The van der Waals surface area contributed by atoms with Gasteiger partial charge in [0.15, 0.2) is 10.9 Å². The Bertz CT molecular complexity index is 725. The number of nitrogens with zero attached hydrogens (tertiary/aromatic N) is 3. The Kier molecular flexibility index (Phi) is 3.00. The van der Waals surface area contributed by atoms with Crippen molar-refractivity contribution in [1.29, 1.82) is 0 Å². The van der Waals surface area contributed by atoms with E-state index in [9.17, 15) is 0 Å². The van der Waals surface area contributed by atoms with Crippen LogP contribution >= 0.6 is 11.3 Å². The highest BCUT2D eigenvalue weighted by Crippen LogP contribution is 2.26. The minimum atomic E-state index is 0.568. The fourth-order valence-electron chi connectivity index (χ4n) is 1.75. The van der Waals surface area contributed by atoms with Crippen molar-refractivity contribution in [1.82, 2.24) is 15.0 Å². The molecule has 0 unspecified atom stereocenters. The van der Waals surface area contributed by atoms with E-state index in [0.717, 1.165) is 21.7 Å². The number of fused-ring (bicyclic) bond motifs is 1. The van der Waals surface area contributed by atoms with Crippen LogP contribution in [0.2, 0.25) is 0 Å². The number of aryl methyl sites for hydroxylation is 1. The van der Waals surface area contributed by atoms with Gasteiger partial charge < -0.3 is 10.1 Å². The van der Waals surface area contributed by atoms with Crippen LogP contribution < -0.4 is 10.1 Å². The zero-order valence-electron chi connectivity index (χ0n) is 10.5. The SMILES string of the molecule is COc1ccc2ccnc(Nc3nc(C)cs3)c2n1. The fraction of sp³-hybridized carbons (Fsp3) is 0.154. The van der Waals surface area contributed by atoms with Crippen LogP contribution in [-0.2, 0) is 0 Å². The van der Waals surface area contributed by atoms with Crippen molar-refractivity contribution in [3.63, 3.8) is 0 Å². The molecular weight excluding hydrogens is 260 g/mol. The van der Waals surface area contributed by atoms with E-state index >= 15 is 0 Å². The van der Waals surface area contributed by atoms with E-state index in [1.807, 2.05) is 30.5 Å². The van der Waals surface area contributed by atoms with Crippen molar-refractivity contribution >= 4 is 33.2 Å². The molecule has 5 nitrogen and oxygen atoms in total. The number of anilines is 2. The van der Waals surface area contributed by atoms with Gasteiger partial charge in [0.05, 0.1) is 12.8 Å². The molecule has 96 valence electrons. The van der Waals surface area contributed by atoms with Crippen LogP contribution in [-0.4, -0.2) is 22.1 Å². The lowest BCUT2D eigenvalue weighted by Gasteiger charge is -2.06. The molecule has 0 radical (unpaired) electrons. The van der Waals surface area contributed by atoms with Gasteiger partial charge in [0, 0.05) is 23.0 Å². The van der Waals surface area contributed by atoms with E-state index in [4.69, 9.17) is 4.74 Å². The molecule has 3 rings (SSSR count). The van der Waals surface area contributed by atoms with E-state index < -0.39 is 0 Å². The smallest absolute Gasteiger partial charge is 0.213 e. The number of aromatic nitrogens is 3. The second kappa shape index (κ2) is 4.81. The molecule has 6 heteroatoms. The maximum atomic E-state index is 5.15. The molecule has 0 amide bonds. The minimum Gasteiger partial charge on any atom is -0.481 e. The Morgan fingerprint density at radius 2 is 2.11 bits per heavy atom. The molecule has 0 bridgehead atoms. The summed E-state index contributed by atoms with van der Waals surface area (Å²) < 4.78 is 5.15. The summed E-state index contributed by atoms with van der Waals surface area (Å²) >= 11 is 1.54. The Balaban J connectivity index is 2.06. The topological polar surface area (TPSA) is 59.9 Å². The molecule has 3 heterocycles. The van der Waals surface area contributed by atoms with Crippen molar-refractivity contribution in [2.24, 2.45) is 0 Å². The van der Waals surface area contributed by atoms with Gasteiger partial charge in [-0.3, -0.25) is 0 Å². The summed E-state index contributed by atoms with van der Waals surface area (Å²) in [6, 6.07) is 5.71. The fourth-order valence-corrected chi connectivity index (χ4v) is 2.43. The van der Waals surface area contributed by atoms with Gasteiger partial charge >= 0.3 is 0 Å². The molecule has 3 aromatic rings. The summed E-state index contributed by atoms with van der Waals surface area (Å²) in [4.78, 5) is 13.1. The van der Waals surface area contributed by atoms with E-state index in [2.05, 4.69) is 20.3 Å². The largest absolute Gasteiger partial charge is 0.481 e. The average Bonchev–Trinajstić information content (AvgIpc) is 2.84. The molecule has 19 heavy (non-hydrogen) atoms. The second-order valence-electron chi connectivity index (χ2n) is 4.00. The van der Waals surface area contributed by atoms with Crippen LogP contribution in [0.5, 0.6) is 5.88 Å². The zero-order chi connectivity index (χ0) is 13.2. The van der Waals surface area contributed by atoms with Crippen LogP contribution in [0.1, 0.15) is 5.69 Å². The molecule has 0 aromatic carbocycles. The molecule has 0 spiro atoms. The first-order chi connectivity index (χ1) is 9.26. The van der Waals surface area contributed by atoms with Crippen LogP contribution in [0.3, 0.4) is 0 Å². The molecule has 0 aliphatic heterocycles. The van der Waals surface area contributed by atoms with E-state index in [-0.39, 0.29) is 0 Å². The number of hydrogen-bond donors (Lipinski definition) is 1. The molecule has 1 N–H and O–H groups in total. The van der Waals surface area contributed by atoms with Crippen LogP contribution in [0, 0.1) is 6.92 Å². The summed E-state index contributed by atoms with van der Waals surface area (Å²) in [6.07, 6.45) is 1.75. The lowest BCUT2D eigenvalue weighted by atomic mass is 10.2. The maximum absolute atomic E-state index is 5.15. The predicted molar refractivity (Wildman–Crippen MR) is 76.2 cm³/mol. The number of nitrogens with one attached hydrogen (secondary N) is 1. The number of thiazole rings is 1. The summed E-state index contributed by atoms with van der Waals surface area (Å²) in [5.41, 5.74) is 1.76. The Hall–Kier alpha value is -2.21. The van der Waals surface area contributed by atoms with Gasteiger partial charge in [-0.15, -0.1) is 11.3 Å². The highest BCUT2D eigenvalue weighted by Gasteiger charge is 2.07. The third-order valence-corrected chi connectivity index (χ3v) is 3.51. The van der Waals surface area contributed by atoms with Gasteiger partial charge in [-0.05, 0) is 19.1 Å².